The van der Waals surface area contributed by atoms with Crippen molar-refractivity contribution in [3.05, 3.63) is 23.9 Å². The van der Waals surface area contributed by atoms with Crippen LogP contribution in [0.5, 0.6) is 0 Å². The van der Waals surface area contributed by atoms with Gasteiger partial charge >= 0.3 is 12.1 Å². The van der Waals surface area contributed by atoms with Gasteiger partial charge in [0.15, 0.2) is 0 Å². The molecule has 1 atom stereocenters. The molecule has 0 radical (unpaired) electrons. The van der Waals surface area contributed by atoms with Crippen molar-refractivity contribution < 1.29 is 23.1 Å². The molecule has 0 aliphatic heterocycles. The molecule has 0 saturated heterocycles. The molecule has 2 N–H and O–H groups in total. The van der Waals surface area contributed by atoms with E-state index in [2.05, 4.69) is 10.3 Å². The second-order valence-corrected chi connectivity index (χ2v) is 4.10. The van der Waals surface area contributed by atoms with Crippen molar-refractivity contribution in [3.63, 3.8) is 0 Å². The summed E-state index contributed by atoms with van der Waals surface area (Å²) >= 11 is 0. The van der Waals surface area contributed by atoms with Gasteiger partial charge in [0.25, 0.3) is 0 Å². The van der Waals surface area contributed by atoms with Crippen LogP contribution in [0.4, 0.5) is 19.0 Å². The number of nitrogens with zero attached hydrogens (tertiary/aromatic N) is 1. The predicted octanol–water partition coefficient (Wildman–Crippen LogP) is 2.62. The van der Waals surface area contributed by atoms with Crippen molar-refractivity contribution in [2.75, 3.05) is 5.32 Å². The lowest BCUT2D eigenvalue weighted by Gasteiger charge is -2.20. The standard InChI is InChI=1S/C11H13F3N2O2/c1-6(2)8(10(17)18)16-9-7(11(12,13)14)4-3-5-15-9/h3-6,8H,1-2H3,(H,15,16)(H,17,18). The summed E-state index contributed by atoms with van der Waals surface area (Å²) in [4.78, 5) is 14.5. The van der Waals surface area contributed by atoms with Crippen LogP contribution in [-0.4, -0.2) is 22.1 Å². The van der Waals surface area contributed by atoms with Crippen molar-refractivity contribution >= 4 is 11.8 Å². The molecule has 0 aliphatic carbocycles. The summed E-state index contributed by atoms with van der Waals surface area (Å²) in [7, 11) is 0. The second kappa shape index (κ2) is 5.24. The largest absolute Gasteiger partial charge is 0.480 e. The number of carboxylic acids is 1. The van der Waals surface area contributed by atoms with E-state index in [1.54, 1.807) is 13.8 Å². The molecular formula is C11H13F3N2O2. The summed E-state index contributed by atoms with van der Waals surface area (Å²) in [5, 5.41) is 11.2. The van der Waals surface area contributed by atoms with E-state index in [9.17, 15) is 18.0 Å². The van der Waals surface area contributed by atoms with E-state index in [0.29, 0.717) is 0 Å². The summed E-state index contributed by atoms with van der Waals surface area (Å²) in [5.41, 5.74) is -0.975. The Balaban J connectivity index is 3.07. The maximum atomic E-state index is 12.7. The van der Waals surface area contributed by atoms with Crippen LogP contribution in [-0.2, 0) is 11.0 Å². The van der Waals surface area contributed by atoms with Crippen molar-refractivity contribution in [1.82, 2.24) is 4.98 Å². The van der Waals surface area contributed by atoms with E-state index >= 15 is 0 Å². The molecule has 4 nitrogen and oxygen atoms in total. The molecule has 100 valence electrons. The SMILES string of the molecule is CC(C)C(Nc1ncccc1C(F)(F)F)C(=O)O. The van der Waals surface area contributed by atoms with Crippen molar-refractivity contribution in [2.45, 2.75) is 26.1 Å². The molecular weight excluding hydrogens is 249 g/mol. The van der Waals surface area contributed by atoms with Gasteiger partial charge < -0.3 is 10.4 Å². The first-order valence-corrected chi connectivity index (χ1v) is 5.25. The Morgan fingerprint density at radius 2 is 2.06 bits per heavy atom. The maximum Gasteiger partial charge on any atom is 0.419 e. The van der Waals surface area contributed by atoms with Crippen molar-refractivity contribution in [2.24, 2.45) is 5.92 Å². The molecule has 1 aromatic rings. The molecule has 0 saturated carbocycles. The first-order chi connectivity index (χ1) is 8.23. The van der Waals surface area contributed by atoms with Gasteiger partial charge in [0, 0.05) is 6.20 Å². The molecule has 1 unspecified atom stereocenters. The van der Waals surface area contributed by atoms with Gasteiger partial charge in [-0.2, -0.15) is 13.2 Å². The van der Waals surface area contributed by atoms with Gasteiger partial charge in [-0.05, 0) is 18.1 Å². The Hall–Kier alpha value is -1.79. The van der Waals surface area contributed by atoms with Crippen LogP contribution in [0.1, 0.15) is 19.4 Å². The van der Waals surface area contributed by atoms with E-state index in [1.165, 1.54) is 6.20 Å². The zero-order valence-corrected chi connectivity index (χ0v) is 9.82. The highest BCUT2D eigenvalue weighted by atomic mass is 19.4. The minimum Gasteiger partial charge on any atom is -0.480 e. The van der Waals surface area contributed by atoms with Gasteiger partial charge in [0.05, 0.1) is 5.56 Å². The molecule has 0 spiro atoms. The summed E-state index contributed by atoms with van der Waals surface area (Å²) < 4.78 is 38.0. The van der Waals surface area contributed by atoms with Crippen LogP contribution in [0.25, 0.3) is 0 Å². The fraction of sp³-hybridized carbons (Fsp3) is 0.455. The van der Waals surface area contributed by atoms with Crippen LogP contribution < -0.4 is 5.32 Å². The minimum atomic E-state index is -4.57. The molecule has 0 fully saturated rings. The first-order valence-electron chi connectivity index (χ1n) is 5.25. The topological polar surface area (TPSA) is 62.2 Å². The average Bonchev–Trinajstić information content (AvgIpc) is 2.24. The number of hydrogen-bond acceptors (Lipinski definition) is 3. The third kappa shape index (κ3) is 3.35. The fourth-order valence-electron chi connectivity index (χ4n) is 1.41. The van der Waals surface area contributed by atoms with E-state index in [0.717, 1.165) is 12.1 Å². The number of hydrogen-bond donors (Lipinski definition) is 2. The summed E-state index contributed by atoms with van der Waals surface area (Å²) in [6.07, 6.45) is -3.40. The molecule has 1 aromatic heterocycles. The molecule has 0 bridgehead atoms. The van der Waals surface area contributed by atoms with Crippen LogP contribution in [0, 0.1) is 5.92 Å². The lowest BCUT2D eigenvalue weighted by Crippen LogP contribution is -2.35. The number of aromatic nitrogens is 1. The fourth-order valence-corrected chi connectivity index (χ4v) is 1.41. The quantitative estimate of drug-likeness (QED) is 0.875. The molecule has 0 aliphatic rings. The highest BCUT2D eigenvalue weighted by Crippen LogP contribution is 2.33. The summed E-state index contributed by atoms with van der Waals surface area (Å²) in [6, 6.07) is 0.884. The Kier molecular flexibility index (Phi) is 4.15. The smallest absolute Gasteiger partial charge is 0.419 e. The normalized spacial score (nSPS) is 13.4. The third-order valence-electron chi connectivity index (χ3n) is 2.34. The number of alkyl halides is 3. The molecule has 18 heavy (non-hydrogen) atoms. The zero-order valence-electron chi connectivity index (χ0n) is 9.82. The average molecular weight is 262 g/mol. The van der Waals surface area contributed by atoms with E-state index in [-0.39, 0.29) is 5.92 Å². The number of nitrogens with one attached hydrogen (secondary N) is 1. The number of halogens is 3. The van der Waals surface area contributed by atoms with E-state index < -0.39 is 29.6 Å². The monoisotopic (exact) mass is 262 g/mol. The lowest BCUT2D eigenvalue weighted by molar-refractivity contribution is -0.140. The van der Waals surface area contributed by atoms with Gasteiger partial charge in [0.1, 0.15) is 11.9 Å². The van der Waals surface area contributed by atoms with E-state index in [4.69, 9.17) is 5.11 Å². The zero-order chi connectivity index (χ0) is 13.9. The molecule has 1 heterocycles. The summed E-state index contributed by atoms with van der Waals surface area (Å²) in [6.45, 7) is 3.20. The number of carboxylic acid groups (broad SMARTS) is 1. The maximum absolute atomic E-state index is 12.7. The van der Waals surface area contributed by atoms with Gasteiger partial charge in [-0.25, -0.2) is 9.78 Å². The van der Waals surface area contributed by atoms with E-state index in [1.807, 2.05) is 0 Å². The molecule has 0 aromatic carbocycles. The minimum absolute atomic E-state index is 0.370. The third-order valence-corrected chi connectivity index (χ3v) is 2.34. The van der Waals surface area contributed by atoms with Crippen LogP contribution in [0.15, 0.2) is 18.3 Å². The Bertz CT molecular complexity index is 433. The number of rotatable bonds is 4. The second-order valence-electron chi connectivity index (χ2n) is 4.10. The number of carbonyl (C=O) groups is 1. The van der Waals surface area contributed by atoms with Crippen LogP contribution in [0.3, 0.4) is 0 Å². The summed E-state index contributed by atoms with van der Waals surface area (Å²) in [5.74, 6) is -2.06. The number of pyridine rings is 1. The Labute approximate surface area is 102 Å². The predicted molar refractivity (Wildman–Crippen MR) is 59.1 cm³/mol. The van der Waals surface area contributed by atoms with Crippen molar-refractivity contribution in [1.29, 1.82) is 0 Å². The number of aliphatic carboxylic acids is 1. The Morgan fingerprint density at radius 3 is 2.50 bits per heavy atom. The van der Waals surface area contributed by atoms with Gasteiger partial charge in [0.2, 0.25) is 0 Å². The Morgan fingerprint density at radius 1 is 1.44 bits per heavy atom. The molecule has 0 amide bonds. The molecule has 1 rings (SSSR count). The highest BCUT2D eigenvalue weighted by molar-refractivity contribution is 5.77. The van der Waals surface area contributed by atoms with Crippen LogP contribution in [0.2, 0.25) is 0 Å². The van der Waals surface area contributed by atoms with Crippen molar-refractivity contribution in [3.8, 4) is 0 Å². The highest BCUT2D eigenvalue weighted by Gasteiger charge is 2.35. The first kappa shape index (κ1) is 14.3. The van der Waals surface area contributed by atoms with Gasteiger partial charge in [-0.3, -0.25) is 0 Å². The van der Waals surface area contributed by atoms with Gasteiger partial charge in [-0.1, -0.05) is 13.8 Å². The van der Waals surface area contributed by atoms with Gasteiger partial charge in [-0.15, -0.1) is 0 Å². The van der Waals surface area contributed by atoms with Crippen LogP contribution >= 0.6 is 0 Å². The molecule has 7 heteroatoms. The lowest BCUT2D eigenvalue weighted by atomic mass is 10.0. The number of anilines is 1.